The lowest BCUT2D eigenvalue weighted by atomic mass is 9.68. The van der Waals surface area contributed by atoms with Crippen molar-refractivity contribution in [2.24, 2.45) is 5.41 Å². The molecule has 1 aromatic rings. The summed E-state index contributed by atoms with van der Waals surface area (Å²) in [4.78, 5) is 0. The second-order valence-electron chi connectivity index (χ2n) is 6.71. The van der Waals surface area contributed by atoms with Gasteiger partial charge in [-0.3, -0.25) is 0 Å². The van der Waals surface area contributed by atoms with Crippen molar-refractivity contribution in [3.8, 4) is 5.75 Å². The van der Waals surface area contributed by atoms with E-state index in [1.165, 1.54) is 25.0 Å². The van der Waals surface area contributed by atoms with Gasteiger partial charge in [-0.2, -0.15) is 13.2 Å². The fraction of sp³-hybridized carbons (Fsp3) is 0.647. The molecule has 6 heteroatoms. The summed E-state index contributed by atoms with van der Waals surface area (Å²) in [5, 5.41) is 3.09. The summed E-state index contributed by atoms with van der Waals surface area (Å²) in [7, 11) is 0. The molecule has 1 aliphatic heterocycles. The molecule has 0 atom stereocenters. The van der Waals surface area contributed by atoms with E-state index in [4.69, 9.17) is 16.3 Å². The molecule has 1 N–H and O–H groups in total. The first-order valence-corrected chi connectivity index (χ1v) is 8.50. The van der Waals surface area contributed by atoms with Crippen molar-refractivity contribution in [1.82, 2.24) is 5.32 Å². The van der Waals surface area contributed by atoms with Crippen LogP contribution < -0.4 is 10.1 Å². The van der Waals surface area contributed by atoms with Crippen molar-refractivity contribution < 1.29 is 17.9 Å². The molecule has 128 valence electrons. The number of hydrogen-bond donors (Lipinski definition) is 1. The first-order valence-electron chi connectivity index (χ1n) is 8.12. The van der Waals surface area contributed by atoms with Crippen molar-refractivity contribution in [2.45, 2.75) is 50.8 Å². The van der Waals surface area contributed by atoms with Crippen LogP contribution in [0.5, 0.6) is 5.75 Å². The van der Waals surface area contributed by atoms with E-state index in [9.17, 15) is 13.2 Å². The van der Waals surface area contributed by atoms with E-state index < -0.39 is 11.7 Å². The molecule has 1 saturated carbocycles. The molecule has 1 aromatic carbocycles. The Hall–Kier alpha value is -0.940. The molecular weight excluding hydrogens is 327 g/mol. The fourth-order valence-electron chi connectivity index (χ4n) is 3.77. The Morgan fingerprint density at radius 3 is 2.35 bits per heavy atom. The lowest BCUT2D eigenvalue weighted by Crippen LogP contribution is -2.40. The van der Waals surface area contributed by atoms with Crippen LogP contribution in [-0.4, -0.2) is 19.2 Å². The standard InChI is InChI=1S/C17H21ClF3NO/c18-15-2-1-13(11-14(15)17(19,20)21)23-12-3-5-16(6-4-12)7-9-22-10-8-16/h1-2,11-12,22H,3-10H2. The molecule has 2 fully saturated rings. The average molecular weight is 348 g/mol. The van der Waals surface area contributed by atoms with E-state index >= 15 is 0 Å². The van der Waals surface area contributed by atoms with Crippen LogP contribution >= 0.6 is 11.6 Å². The van der Waals surface area contributed by atoms with Crippen LogP contribution in [0.2, 0.25) is 5.02 Å². The van der Waals surface area contributed by atoms with Gasteiger partial charge < -0.3 is 10.1 Å². The van der Waals surface area contributed by atoms with Crippen LogP contribution in [0, 0.1) is 5.41 Å². The van der Waals surface area contributed by atoms with Gasteiger partial charge in [0.1, 0.15) is 5.75 Å². The van der Waals surface area contributed by atoms with Gasteiger partial charge in [0.25, 0.3) is 0 Å². The molecule has 1 saturated heterocycles. The molecule has 0 bridgehead atoms. The zero-order valence-corrected chi connectivity index (χ0v) is 13.6. The Morgan fingerprint density at radius 2 is 1.74 bits per heavy atom. The minimum Gasteiger partial charge on any atom is -0.490 e. The fourth-order valence-corrected chi connectivity index (χ4v) is 3.99. The number of nitrogens with one attached hydrogen (secondary N) is 1. The monoisotopic (exact) mass is 347 g/mol. The SMILES string of the molecule is FC(F)(F)c1cc(OC2CCC3(CCNCC3)CC2)ccc1Cl. The van der Waals surface area contributed by atoms with Crippen LogP contribution in [0.15, 0.2) is 18.2 Å². The van der Waals surface area contributed by atoms with E-state index in [1.54, 1.807) is 0 Å². The summed E-state index contributed by atoms with van der Waals surface area (Å²) in [6.07, 6.45) is 1.93. The summed E-state index contributed by atoms with van der Waals surface area (Å²) in [5.74, 6) is 0.257. The zero-order valence-electron chi connectivity index (χ0n) is 12.9. The average Bonchev–Trinajstić information content (AvgIpc) is 2.51. The Morgan fingerprint density at radius 1 is 1.09 bits per heavy atom. The van der Waals surface area contributed by atoms with E-state index in [1.807, 2.05) is 0 Å². The highest BCUT2D eigenvalue weighted by atomic mass is 35.5. The van der Waals surface area contributed by atoms with Crippen molar-refractivity contribution in [3.63, 3.8) is 0 Å². The summed E-state index contributed by atoms with van der Waals surface area (Å²) >= 11 is 5.64. The maximum atomic E-state index is 12.9. The van der Waals surface area contributed by atoms with E-state index in [0.29, 0.717) is 5.41 Å². The highest BCUT2D eigenvalue weighted by Gasteiger charge is 2.37. The van der Waals surface area contributed by atoms with Crippen molar-refractivity contribution >= 4 is 11.6 Å². The topological polar surface area (TPSA) is 21.3 Å². The molecule has 0 aromatic heterocycles. The highest BCUT2D eigenvalue weighted by molar-refractivity contribution is 6.31. The van der Waals surface area contributed by atoms with Gasteiger partial charge >= 0.3 is 6.18 Å². The predicted molar refractivity (Wildman–Crippen MR) is 83.9 cm³/mol. The second-order valence-corrected chi connectivity index (χ2v) is 7.11. The number of hydrogen-bond acceptors (Lipinski definition) is 2. The Bertz CT molecular complexity index is 545. The molecule has 1 aliphatic carbocycles. The van der Waals surface area contributed by atoms with Crippen molar-refractivity contribution in [2.75, 3.05) is 13.1 Å². The highest BCUT2D eigenvalue weighted by Crippen LogP contribution is 2.44. The third-order valence-corrected chi connectivity index (χ3v) is 5.53. The molecule has 3 rings (SSSR count). The summed E-state index contributed by atoms with van der Waals surface area (Å²) in [6, 6.07) is 3.79. The van der Waals surface area contributed by atoms with Gasteiger partial charge in [0, 0.05) is 0 Å². The minimum atomic E-state index is -4.46. The number of ether oxygens (including phenoxy) is 1. The smallest absolute Gasteiger partial charge is 0.417 e. The first kappa shape index (κ1) is 16.9. The van der Waals surface area contributed by atoms with Crippen molar-refractivity contribution in [3.05, 3.63) is 28.8 Å². The maximum Gasteiger partial charge on any atom is 0.417 e. The van der Waals surface area contributed by atoms with Crippen LogP contribution in [0.1, 0.15) is 44.1 Å². The number of halogens is 4. The van der Waals surface area contributed by atoms with Gasteiger partial charge in [0.2, 0.25) is 0 Å². The molecule has 0 radical (unpaired) electrons. The molecule has 23 heavy (non-hydrogen) atoms. The predicted octanol–water partition coefficient (Wildman–Crippen LogP) is 5.05. The lowest BCUT2D eigenvalue weighted by Gasteiger charge is -2.43. The third kappa shape index (κ3) is 3.94. The largest absolute Gasteiger partial charge is 0.490 e. The molecule has 0 unspecified atom stereocenters. The Labute approximate surface area is 139 Å². The second kappa shape index (κ2) is 6.52. The molecule has 0 amide bonds. The molecule has 1 spiro atoms. The first-order chi connectivity index (χ1) is 10.9. The van der Waals surface area contributed by atoms with Gasteiger partial charge in [0.05, 0.1) is 16.7 Å². The van der Waals surface area contributed by atoms with Gasteiger partial charge in [0.15, 0.2) is 0 Å². The maximum absolute atomic E-state index is 12.9. The zero-order chi connectivity index (χ0) is 16.5. The van der Waals surface area contributed by atoms with Crippen molar-refractivity contribution in [1.29, 1.82) is 0 Å². The number of alkyl halides is 3. The van der Waals surface area contributed by atoms with Gasteiger partial charge in [-0.25, -0.2) is 0 Å². The molecule has 2 nitrogen and oxygen atoms in total. The normalized spacial score (nSPS) is 22.3. The summed E-state index contributed by atoms with van der Waals surface area (Å²) in [5.41, 5.74) is -0.412. The third-order valence-electron chi connectivity index (χ3n) is 5.20. The number of benzene rings is 1. The Kier molecular flexibility index (Phi) is 4.79. The molecule has 2 aliphatic rings. The van der Waals surface area contributed by atoms with Gasteiger partial charge in [-0.1, -0.05) is 11.6 Å². The Balaban J connectivity index is 1.63. The molecular formula is C17H21ClF3NO. The van der Waals surface area contributed by atoms with Crippen LogP contribution in [-0.2, 0) is 6.18 Å². The summed E-state index contributed by atoms with van der Waals surface area (Å²) in [6.45, 7) is 2.13. The van der Waals surface area contributed by atoms with E-state index in [2.05, 4.69) is 5.32 Å². The number of piperidine rings is 1. The summed E-state index contributed by atoms with van der Waals surface area (Å²) < 4.78 is 44.5. The molecule has 1 heterocycles. The van der Waals surface area contributed by atoms with Crippen LogP contribution in [0.3, 0.4) is 0 Å². The van der Waals surface area contributed by atoms with Crippen LogP contribution in [0.25, 0.3) is 0 Å². The minimum absolute atomic E-state index is 0.00206. The van der Waals surface area contributed by atoms with Gasteiger partial charge in [-0.15, -0.1) is 0 Å². The quantitative estimate of drug-likeness (QED) is 0.808. The number of rotatable bonds is 2. The van der Waals surface area contributed by atoms with E-state index in [0.717, 1.165) is 44.8 Å². The van der Waals surface area contributed by atoms with E-state index in [-0.39, 0.29) is 16.9 Å². The lowest BCUT2D eigenvalue weighted by molar-refractivity contribution is -0.137. The van der Waals surface area contributed by atoms with Crippen LogP contribution in [0.4, 0.5) is 13.2 Å². The van der Waals surface area contributed by atoms with Gasteiger partial charge in [-0.05, 0) is 75.2 Å².